The molecule has 106 valence electrons. The van der Waals surface area contributed by atoms with Crippen LogP contribution in [0.4, 0.5) is 0 Å². The number of hydrogen-bond acceptors (Lipinski definition) is 4. The van der Waals surface area contributed by atoms with E-state index in [4.69, 9.17) is 0 Å². The fraction of sp³-hybridized carbons (Fsp3) is 0.533. The van der Waals surface area contributed by atoms with E-state index in [0.717, 1.165) is 11.4 Å². The molecule has 3 unspecified atom stereocenters. The molecule has 1 N–H and O–H groups in total. The Balaban J connectivity index is 1.72. The maximum absolute atomic E-state index is 4.46. The van der Waals surface area contributed by atoms with Crippen molar-refractivity contribution < 1.29 is 0 Å². The van der Waals surface area contributed by atoms with Crippen molar-refractivity contribution in [1.82, 2.24) is 24.8 Å². The molecule has 1 aliphatic carbocycles. The fourth-order valence-electron chi connectivity index (χ4n) is 3.20. The van der Waals surface area contributed by atoms with E-state index < -0.39 is 0 Å². The van der Waals surface area contributed by atoms with Gasteiger partial charge in [-0.1, -0.05) is 0 Å². The van der Waals surface area contributed by atoms with Crippen LogP contribution in [-0.4, -0.2) is 25.6 Å². The van der Waals surface area contributed by atoms with Crippen LogP contribution in [0.2, 0.25) is 0 Å². The summed E-state index contributed by atoms with van der Waals surface area (Å²) in [5.74, 6) is 0. The maximum Gasteiger partial charge on any atom is 0.0949 e. The molecule has 2 heterocycles. The third kappa shape index (κ3) is 2.58. The van der Waals surface area contributed by atoms with Crippen LogP contribution in [0.3, 0.4) is 0 Å². The number of aryl methyl sites for hydroxylation is 1. The van der Waals surface area contributed by atoms with Gasteiger partial charge in [0.1, 0.15) is 0 Å². The van der Waals surface area contributed by atoms with E-state index in [-0.39, 0.29) is 6.04 Å². The van der Waals surface area contributed by atoms with Crippen LogP contribution in [0, 0.1) is 6.92 Å². The van der Waals surface area contributed by atoms with Crippen LogP contribution in [0.1, 0.15) is 49.7 Å². The number of hydrogen-bond donors (Lipinski definition) is 1. The molecule has 0 bridgehead atoms. The Hall–Kier alpha value is -1.75. The SMILES string of the molecule is Cc1nccnc1C(C)NC1CCCC1n1ccnc1. The molecule has 0 spiro atoms. The van der Waals surface area contributed by atoms with Crippen molar-refractivity contribution in [3.63, 3.8) is 0 Å². The second-order valence-electron chi connectivity index (χ2n) is 5.53. The molecule has 2 aromatic heterocycles. The molecule has 2 aromatic rings. The summed E-state index contributed by atoms with van der Waals surface area (Å²) in [6.07, 6.45) is 13.0. The van der Waals surface area contributed by atoms with Gasteiger partial charge < -0.3 is 9.88 Å². The smallest absolute Gasteiger partial charge is 0.0949 e. The minimum atomic E-state index is 0.220. The predicted octanol–water partition coefficient (Wildman–Crippen LogP) is 2.43. The van der Waals surface area contributed by atoms with Crippen LogP contribution in [-0.2, 0) is 0 Å². The summed E-state index contributed by atoms with van der Waals surface area (Å²) in [5.41, 5.74) is 2.05. The van der Waals surface area contributed by atoms with Crippen LogP contribution in [0.25, 0.3) is 0 Å². The van der Waals surface area contributed by atoms with Gasteiger partial charge in [-0.15, -0.1) is 0 Å². The van der Waals surface area contributed by atoms with Crippen molar-refractivity contribution in [3.8, 4) is 0 Å². The largest absolute Gasteiger partial charge is 0.333 e. The van der Waals surface area contributed by atoms with E-state index >= 15 is 0 Å². The van der Waals surface area contributed by atoms with Gasteiger partial charge in [0.05, 0.1) is 17.7 Å². The van der Waals surface area contributed by atoms with E-state index in [9.17, 15) is 0 Å². The summed E-state index contributed by atoms with van der Waals surface area (Å²) in [7, 11) is 0. The topological polar surface area (TPSA) is 55.6 Å². The van der Waals surface area contributed by atoms with E-state index in [1.54, 1.807) is 12.4 Å². The molecule has 5 nitrogen and oxygen atoms in total. The highest BCUT2D eigenvalue weighted by atomic mass is 15.1. The van der Waals surface area contributed by atoms with Gasteiger partial charge in [0.2, 0.25) is 0 Å². The molecule has 20 heavy (non-hydrogen) atoms. The highest BCUT2D eigenvalue weighted by Crippen LogP contribution is 2.31. The Morgan fingerprint density at radius 3 is 2.85 bits per heavy atom. The molecular weight excluding hydrogens is 250 g/mol. The van der Waals surface area contributed by atoms with Crippen molar-refractivity contribution in [2.45, 2.75) is 51.2 Å². The zero-order valence-corrected chi connectivity index (χ0v) is 12.0. The third-order valence-electron chi connectivity index (χ3n) is 4.18. The first-order valence-corrected chi connectivity index (χ1v) is 7.26. The van der Waals surface area contributed by atoms with Crippen LogP contribution in [0.5, 0.6) is 0 Å². The standard InChI is InChI=1S/C15H21N5/c1-11-15(18-7-6-17-11)12(2)19-13-4-3-5-14(13)20-9-8-16-10-20/h6-10,12-14,19H,3-5H2,1-2H3. The molecule has 0 aliphatic heterocycles. The zero-order valence-electron chi connectivity index (χ0n) is 12.0. The van der Waals surface area contributed by atoms with E-state index in [1.165, 1.54) is 19.3 Å². The lowest BCUT2D eigenvalue weighted by Gasteiger charge is -2.26. The fourth-order valence-corrected chi connectivity index (χ4v) is 3.20. The predicted molar refractivity (Wildman–Crippen MR) is 77.2 cm³/mol. The molecule has 1 saturated carbocycles. The van der Waals surface area contributed by atoms with E-state index in [1.807, 2.05) is 19.4 Å². The van der Waals surface area contributed by atoms with E-state index in [2.05, 4.69) is 38.0 Å². The lowest BCUT2D eigenvalue weighted by Crippen LogP contribution is -2.36. The van der Waals surface area contributed by atoms with Gasteiger partial charge in [0.25, 0.3) is 0 Å². The Labute approximate surface area is 119 Å². The molecule has 0 aromatic carbocycles. The Kier molecular flexibility index (Phi) is 3.78. The van der Waals surface area contributed by atoms with Crippen LogP contribution < -0.4 is 5.32 Å². The Morgan fingerprint density at radius 2 is 2.10 bits per heavy atom. The molecule has 0 saturated heterocycles. The highest BCUT2D eigenvalue weighted by Gasteiger charge is 2.29. The van der Waals surface area contributed by atoms with E-state index in [0.29, 0.717) is 12.1 Å². The quantitative estimate of drug-likeness (QED) is 0.928. The van der Waals surface area contributed by atoms with Gasteiger partial charge >= 0.3 is 0 Å². The van der Waals surface area contributed by atoms with Gasteiger partial charge in [-0.2, -0.15) is 0 Å². The summed E-state index contributed by atoms with van der Waals surface area (Å²) < 4.78 is 2.22. The van der Waals surface area contributed by atoms with Gasteiger partial charge in [0, 0.05) is 42.9 Å². The first-order valence-electron chi connectivity index (χ1n) is 7.26. The summed E-state index contributed by atoms with van der Waals surface area (Å²) >= 11 is 0. The normalized spacial score (nSPS) is 23.9. The maximum atomic E-state index is 4.46. The molecule has 5 heteroatoms. The Bertz CT molecular complexity index is 551. The van der Waals surface area contributed by atoms with Gasteiger partial charge in [-0.25, -0.2) is 4.98 Å². The van der Waals surface area contributed by atoms with Gasteiger partial charge in [0.15, 0.2) is 0 Å². The first kappa shape index (κ1) is 13.2. The van der Waals surface area contributed by atoms with Crippen molar-refractivity contribution in [1.29, 1.82) is 0 Å². The molecule has 1 aliphatic rings. The minimum Gasteiger partial charge on any atom is -0.333 e. The highest BCUT2D eigenvalue weighted by molar-refractivity contribution is 5.13. The molecule has 0 radical (unpaired) electrons. The van der Waals surface area contributed by atoms with Crippen LogP contribution in [0.15, 0.2) is 31.1 Å². The minimum absolute atomic E-state index is 0.220. The lowest BCUT2D eigenvalue weighted by molar-refractivity contribution is 0.359. The lowest BCUT2D eigenvalue weighted by atomic mass is 10.1. The van der Waals surface area contributed by atoms with Crippen molar-refractivity contribution in [3.05, 3.63) is 42.5 Å². The summed E-state index contributed by atoms with van der Waals surface area (Å²) in [5, 5.41) is 3.72. The molecule has 3 atom stereocenters. The number of nitrogens with one attached hydrogen (secondary N) is 1. The zero-order chi connectivity index (χ0) is 13.9. The van der Waals surface area contributed by atoms with Gasteiger partial charge in [-0.05, 0) is 33.1 Å². The average molecular weight is 271 g/mol. The molecule has 3 rings (SSSR count). The first-order chi connectivity index (χ1) is 9.75. The Morgan fingerprint density at radius 1 is 1.25 bits per heavy atom. The second-order valence-corrected chi connectivity index (χ2v) is 5.53. The second kappa shape index (κ2) is 5.71. The summed E-state index contributed by atoms with van der Waals surface area (Å²) in [6, 6.07) is 1.19. The van der Waals surface area contributed by atoms with Gasteiger partial charge in [-0.3, -0.25) is 9.97 Å². The summed E-state index contributed by atoms with van der Waals surface area (Å²) in [4.78, 5) is 13.0. The van der Waals surface area contributed by atoms with Crippen molar-refractivity contribution in [2.24, 2.45) is 0 Å². The van der Waals surface area contributed by atoms with Crippen LogP contribution >= 0.6 is 0 Å². The number of nitrogens with zero attached hydrogens (tertiary/aromatic N) is 4. The van der Waals surface area contributed by atoms with Crippen molar-refractivity contribution >= 4 is 0 Å². The molecule has 0 amide bonds. The molecular formula is C15H21N5. The molecule has 1 fully saturated rings. The average Bonchev–Trinajstić information content (AvgIpc) is 3.09. The van der Waals surface area contributed by atoms with Crippen molar-refractivity contribution in [2.75, 3.05) is 0 Å². The monoisotopic (exact) mass is 271 g/mol. The number of aromatic nitrogens is 4. The number of rotatable bonds is 4. The summed E-state index contributed by atoms with van der Waals surface area (Å²) in [6.45, 7) is 4.18. The third-order valence-corrected chi connectivity index (χ3v) is 4.18. The number of imidazole rings is 1.